The van der Waals surface area contributed by atoms with Gasteiger partial charge < -0.3 is 15.2 Å². The lowest BCUT2D eigenvalue weighted by molar-refractivity contribution is -0.255. The van der Waals surface area contributed by atoms with E-state index in [4.69, 9.17) is 0 Å². The molecule has 0 fully saturated rings. The summed E-state index contributed by atoms with van der Waals surface area (Å²) in [4.78, 5) is 23.4. The summed E-state index contributed by atoms with van der Waals surface area (Å²) in [6.45, 7) is 1.71. The van der Waals surface area contributed by atoms with Crippen LogP contribution in [-0.2, 0) is 10.0 Å². The molecule has 0 radical (unpaired) electrons. The van der Waals surface area contributed by atoms with Crippen LogP contribution in [-0.4, -0.2) is 38.7 Å². The second kappa shape index (κ2) is 6.71. The molecule has 0 aliphatic carbocycles. The number of carboxylic acid groups (broad SMARTS) is 1. The lowest BCUT2D eigenvalue weighted by Gasteiger charge is -2.10. The van der Waals surface area contributed by atoms with E-state index in [1.54, 1.807) is 13.0 Å². The van der Waals surface area contributed by atoms with Crippen LogP contribution in [0.1, 0.15) is 25.6 Å². The summed E-state index contributed by atoms with van der Waals surface area (Å²) in [5, 5.41) is 14.9. The number of nitrogens with zero attached hydrogens (tertiary/aromatic N) is 1. The fraction of sp³-hybridized carbons (Fsp3) is 0.200. The highest BCUT2D eigenvalue weighted by molar-refractivity contribution is 7.89. The van der Waals surface area contributed by atoms with E-state index in [2.05, 4.69) is 5.32 Å². The van der Waals surface area contributed by atoms with Crippen molar-refractivity contribution < 1.29 is 23.1 Å². The summed E-state index contributed by atoms with van der Waals surface area (Å²) < 4.78 is 25.1. The van der Waals surface area contributed by atoms with Crippen LogP contribution in [0.25, 0.3) is 0 Å². The molecule has 0 bridgehead atoms. The maximum atomic E-state index is 12.3. The number of amides is 1. The first-order chi connectivity index (χ1) is 11.1. The van der Waals surface area contributed by atoms with Gasteiger partial charge in [-0.15, -0.1) is 11.3 Å². The second-order valence-electron chi connectivity index (χ2n) is 5.21. The van der Waals surface area contributed by atoms with Gasteiger partial charge in [0.05, 0.1) is 15.7 Å². The van der Waals surface area contributed by atoms with Crippen molar-refractivity contribution >= 4 is 38.9 Å². The number of nitrogens with one attached hydrogen (secondary N) is 1. The summed E-state index contributed by atoms with van der Waals surface area (Å²) in [5.74, 6) is -1.86. The van der Waals surface area contributed by atoms with Crippen LogP contribution in [0.3, 0.4) is 0 Å². The van der Waals surface area contributed by atoms with E-state index in [0.29, 0.717) is 11.3 Å². The minimum Gasteiger partial charge on any atom is -0.545 e. The van der Waals surface area contributed by atoms with Crippen molar-refractivity contribution in [3.05, 3.63) is 45.6 Å². The van der Waals surface area contributed by atoms with Crippen LogP contribution in [0.4, 0.5) is 5.69 Å². The zero-order chi connectivity index (χ0) is 18.1. The third-order valence-corrected chi connectivity index (χ3v) is 6.17. The summed E-state index contributed by atoms with van der Waals surface area (Å²) in [7, 11) is -0.802. The number of hydrogen-bond acceptors (Lipinski definition) is 6. The van der Waals surface area contributed by atoms with E-state index >= 15 is 0 Å². The second-order valence-corrected chi connectivity index (χ2v) is 8.27. The number of thiophene rings is 1. The van der Waals surface area contributed by atoms with Crippen molar-refractivity contribution in [2.24, 2.45) is 0 Å². The Morgan fingerprint density at radius 1 is 1.21 bits per heavy atom. The molecular formula is C15H15N2O5S2-. The summed E-state index contributed by atoms with van der Waals surface area (Å²) >= 11 is 0.991. The molecule has 0 unspecified atom stereocenters. The van der Waals surface area contributed by atoms with E-state index in [1.165, 1.54) is 37.7 Å². The first-order valence-corrected chi connectivity index (χ1v) is 9.09. The quantitative estimate of drug-likeness (QED) is 0.846. The highest BCUT2D eigenvalue weighted by Crippen LogP contribution is 2.23. The van der Waals surface area contributed by atoms with Crippen molar-refractivity contribution in [2.45, 2.75) is 11.8 Å². The van der Waals surface area contributed by atoms with Crippen molar-refractivity contribution in [1.29, 1.82) is 0 Å². The number of aromatic carboxylic acids is 1. The SMILES string of the molecule is Cc1ccc(C(=O)[O-])cc1NC(=O)c1cc(S(=O)(=O)N(C)C)cs1. The average molecular weight is 367 g/mol. The van der Waals surface area contributed by atoms with E-state index in [9.17, 15) is 23.1 Å². The van der Waals surface area contributed by atoms with Crippen LogP contribution in [0.5, 0.6) is 0 Å². The van der Waals surface area contributed by atoms with Gasteiger partial charge in [0.1, 0.15) is 0 Å². The number of benzene rings is 1. The van der Waals surface area contributed by atoms with Gasteiger partial charge in [0.25, 0.3) is 5.91 Å². The van der Waals surface area contributed by atoms with Gasteiger partial charge in [-0.25, -0.2) is 12.7 Å². The monoisotopic (exact) mass is 367 g/mol. The topological polar surface area (TPSA) is 107 Å². The van der Waals surface area contributed by atoms with Crippen LogP contribution in [0.15, 0.2) is 34.5 Å². The maximum Gasteiger partial charge on any atom is 0.265 e. The number of carbonyl (C=O) groups is 2. The van der Waals surface area contributed by atoms with Crippen molar-refractivity contribution in [3.63, 3.8) is 0 Å². The van der Waals surface area contributed by atoms with Crippen LogP contribution in [0, 0.1) is 6.92 Å². The number of carboxylic acids is 1. The molecule has 0 saturated heterocycles. The molecule has 24 heavy (non-hydrogen) atoms. The highest BCUT2D eigenvalue weighted by Gasteiger charge is 2.21. The number of aryl methyl sites for hydroxylation is 1. The number of rotatable bonds is 5. The number of anilines is 1. The maximum absolute atomic E-state index is 12.3. The first-order valence-electron chi connectivity index (χ1n) is 6.77. The Morgan fingerprint density at radius 3 is 2.46 bits per heavy atom. The van der Waals surface area contributed by atoms with E-state index < -0.39 is 21.9 Å². The summed E-state index contributed by atoms with van der Waals surface area (Å²) in [6.07, 6.45) is 0. The largest absolute Gasteiger partial charge is 0.545 e. The van der Waals surface area contributed by atoms with Gasteiger partial charge in [-0.2, -0.15) is 0 Å². The van der Waals surface area contributed by atoms with Gasteiger partial charge in [0.15, 0.2) is 0 Å². The Morgan fingerprint density at radius 2 is 1.88 bits per heavy atom. The molecule has 2 rings (SSSR count). The third-order valence-electron chi connectivity index (χ3n) is 3.30. The smallest absolute Gasteiger partial charge is 0.265 e. The Hall–Kier alpha value is -2.23. The highest BCUT2D eigenvalue weighted by atomic mass is 32.2. The molecule has 7 nitrogen and oxygen atoms in total. The van der Waals surface area contributed by atoms with Crippen molar-refractivity contribution in [1.82, 2.24) is 4.31 Å². The number of carbonyl (C=O) groups excluding carboxylic acids is 2. The van der Waals surface area contributed by atoms with Crippen LogP contribution < -0.4 is 10.4 Å². The molecular weight excluding hydrogens is 352 g/mol. The normalized spacial score (nSPS) is 11.5. The van der Waals surface area contributed by atoms with Gasteiger partial charge in [-0.05, 0) is 30.2 Å². The van der Waals surface area contributed by atoms with Crippen LogP contribution in [0.2, 0.25) is 0 Å². The van der Waals surface area contributed by atoms with Crippen molar-refractivity contribution in [2.75, 3.05) is 19.4 Å². The summed E-state index contributed by atoms with van der Waals surface area (Å²) in [5.41, 5.74) is 0.941. The van der Waals surface area contributed by atoms with Crippen molar-refractivity contribution in [3.8, 4) is 0 Å². The van der Waals surface area contributed by atoms with Gasteiger partial charge in [0.2, 0.25) is 10.0 Å². The third kappa shape index (κ3) is 3.64. The van der Waals surface area contributed by atoms with Gasteiger partial charge in [0, 0.05) is 25.2 Å². The Kier molecular flexibility index (Phi) is 5.07. The molecule has 0 aliphatic rings. The first kappa shape index (κ1) is 18.1. The molecule has 0 atom stereocenters. The lowest BCUT2D eigenvalue weighted by Crippen LogP contribution is -2.22. The molecule has 128 valence electrons. The fourth-order valence-corrected chi connectivity index (χ4v) is 3.91. The lowest BCUT2D eigenvalue weighted by atomic mass is 10.1. The molecule has 0 saturated carbocycles. The molecule has 1 aromatic carbocycles. The van der Waals surface area contributed by atoms with Gasteiger partial charge in [-0.3, -0.25) is 4.79 Å². The predicted octanol–water partition coefficient (Wildman–Crippen LogP) is 0.923. The number of hydrogen-bond donors (Lipinski definition) is 1. The molecule has 1 amide bonds. The zero-order valence-electron chi connectivity index (χ0n) is 13.2. The molecule has 0 aliphatic heterocycles. The Balaban J connectivity index is 2.27. The number of sulfonamides is 1. The Labute approximate surface area is 143 Å². The zero-order valence-corrected chi connectivity index (χ0v) is 14.8. The Bertz CT molecular complexity index is 900. The van der Waals surface area contributed by atoms with E-state index in [-0.39, 0.29) is 15.3 Å². The average Bonchev–Trinajstić information content (AvgIpc) is 2.99. The minimum absolute atomic E-state index is 0.0304. The molecule has 0 spiro atoms. The minimum atomic E-state index is -3.61. The predicted molar refractivity (Wildman–Crippen MR) is 88.7 cm³/mol. The van der Waals surface area contributed by atoms with E-state index in [1.807, 2.05) is 0 Å². The molecule has 9 heteroatoms. The van der Waals surface area contributed by atoms with Crippen LogP contribution >= 0.6 is 11.3 Å². The molecule has 1 N–H and O–H groups in total. The fourth-order valence-electron chi connectivity index (χ4n) is 1.85. The van der Waals surface area contributed by atoms with E-state index in [0.717, 1.165) is 15.6 Å². The van der Waals surface area contributed by atoms with Gasteiger partial charge in [-0.1, -0.05) is 12.1 Å². The molecule has 1 heterocycles. The summed E-state index contributed by atoms with van der Waals surface area (Å²) in [6, 6.07) is 5.52. The molecule has 1 aromatic heterocycles. The molecule has 2 aromatic rings. The standard InChI is InChI=1S/C15H16N2O5S2/c1-9-4-5-10(15(19)20)6-12(9)16-14(18)13-7-11(8-23-13)24(21,22)17(2)3/h4-8H,1-3H3,(H,16,18)(H,19,20)/p-1. The van der Waals surface area contributed by atoms with Gasteiger partial charge >= 0.3 is 0 Å².